The number of thiophene rings is 1. The van der Waals surface area contributed by atoms with Gasteiger partial charge in [-0.15, -0.1) is 11.3 Å². The number of fused-ring (bicyclic) bond motifs is 1. The van der Waals surface area contributed by atoms with Crippen LogP contribution in [0.4, 0.5) is 5.82 Å². The fraction of sp³-hybridized carbons (Fsp3) is 0.400. The SMILES string of the molecule is NS(=O)(=O)OC[C@H]1C[C@@H](Nc2ncncc2C(=O)c2cc(C3OCCCc4ccc(Cl)cc43)cs2)C[C@@H]1O. The highest BCUT2D eigenvalue weighted by molar-refractivity contribution is 7.84. The average Bonchev–Trinajstić information content (AvgIpc) is 3.44. The highest BCUT2D eigenvalue weighted by Crippen LogP contribution is 2.37. The smallest absolute Gasteiger partial charge is 0.333 e. The molecule has 10 nitrogen and oxygen atoms in total. The summed E-state index contributed by atoms with van der Waals surface area (Å²) in [5.41, 5.74) is 3.37. The van der Waals surface area contributed by atoms with Gasteiger partial charge in [0.25, 0.3) is 0 Å². The van der Waals surface area contributed by atoms with Crippen molar-refractivity contribution in [3.05, 3.63) is 74.3 Å². The van der Waals surface area contributed by atoms with E-state index in [0.717, 1.165) is 24.0 Å². The predicted molar refractivity (Wildman–Crippen MR) is 143 cm³/mol. The fourth-order valence-electron chi connectivity index (χ4n) is 4.99. The molecule has 4 atom stereocenters. The maximum Gasteiger partial charge on any atom is 0.333 e. The zero-order chi connectivity index (χ0) is 26.9. The molecule has 3 aromatic rings. The van der Waals surface area contributed by atoms with E-state index in [4.69, 9.17) is 21.5 Å². The summed E-state index contributed by atoms with van der Waals surface area (Å²) in [6.45, 7) is 0.385. The first-order valence-corrected chi connectivity index (χ1v) is 14.9. The lowest BCUT2D eigenvalue weighted by Crippen LogP contribution is -2.24. The van der Waals surface area contributed by atoms with Gasteiger partial charge in [-0.1, -0.05) is 17.7 Å². The lowest BCUT2D eigenvalue weighted by Gasteiger charge is -2.17. The molecule has 13 heteroatoms. The molecule has 202 valence electrons. The predicted octanol–water partition coefficient (Wildman–Crippen LogP) is 3.25. The van der Waals surface area contributed by atoms with E-state index in [-0.39, 0.29) is 24.5 Å². The fourth-order valence-corrected chi connectivity index (χ4v) is 6.41. The van der Waals surface area contributed by atoms with E-state index in [9.17, 15) is 18.3 Å². The number of halogens is 1. The molecule has 2 aromatic heterocycles. The van der Waals surface area contributed by atoms with Crippen LogP contribution < -0.4 is 10.5 Å². The highest BCUT2D eigenvalue weighted by atomic mass is 35.5. The number of carbonyl (C=O) groups is 1. The van der Waals surface area contributed by atoms with Crippen LogP contribution >= 0.6 is 22.9 Å². The van der Waals surface area contributed by atoms with Gasteiger partial charge in [-0.2, -0.15) is 8.42 Å². The van der Waals surface area contributed by atoms with Gasteiger partial charge in [0.05, 0.1) is 23.2 Å². The van der Waals surface area contributed by atoms with Crippen LogP contribution in [0.5, 0.6) is 0 Å². The second-order valence-electron chi connectivity index (χ2n) is 9.47. The van der Waals surface area contributed by atoms with Crippen molar-refractivity contribution in [2.45, 2.75) is 43.9 Å². The van der Waals surface area contributed by atoms with Crippen molar-refractivity contribution in [2.75, 3.05) is 18.5 Å². The summed E-state index contributed by atoms with van der Waals surface area (Å²) in [6, 6.07) is 7.43. The van der Waals surface area contributed by atoms with Crippen LogP contribution in [0, 0.1) is 5.92 Å². The van der Waals surface area contributed by atoms with Crippen LogP contribution in [-0.2, 0) is 25.6 Å². The number of aliphatic hydroxyl groups excluding tert-OH is 1. The quantitative estimate of drug-likeness (QED) is 0.342. The Kier molecular flexibility index (Phi) is 8.10. The molecular weight excluding hydrogens is 552 g/mol. The number of ketones is 1. The van der Waals surface area contributed by atoms with E-state index in [1.165, 1.54) is 29.4 Å². The molecule has 3 heterocycles. The molecule has 0 saturated heterocycles. The van der Waals surface area contributed by atoms with E-state index in [0.29, 0.717) is 40.7 Å². The molecule has 0 spiro atoms. The Morgan fingerprint density at radius 1 is 1.32 bits per heavy atom. The first kappa shape index (κ1) is 27.1. The zero-order valence-electron chi connectivity index (χ0n) is 20.2. The number of nitrogens with one attached hydrogen (secondary N) is 1. The van der Waals surface area contributed by atoms with Gasteiger partial charge in [-0.05, 0) is 66.0 Å². The topological polar surface area (TPSA) is 154 Å². The maximum absolute atomic E-state index is 13.5. The van der Waals surface area contributed by atoms with Gasteiger partial charge in [-0.25, -0.2) is 15.1 Å². The second-order valence-corrected chi connectivity index (χ2v) is 12.0. The van der Waals surface area contributed by atoms with Gasteiger partial charge < -0.3 is 15.2 Å². The minimum Gasteiger partial charge on any atom is -0.393 e. The van der Waals surface area contributed by atoms with Gasteiger partial charge in [0.1, 0.15) is 18.2 Å². The Labute approximate surface area is 229 Å². The summed E-state index contributed by atoms with van der Waals surface area (Å²) in [5, 5.41) is 21.0. The molecule has 4 N–H and O–H groups in total. The number of hydrogen-bond donors (Lipinski definition) is 3. The number of aryl methyl sites for hydroxylation is 1. The molecule has 1 fully saturated rings. The number of aliphatic hydroxyl groups is 1. The minimum atomic E-state index is -4.10. The summed E-state index contributed by atoms with van der Waals surface area (Å²) in [5.74, 6) is -0.326. The standard InChI is InChI=1S/C25H27ClN4O6S2/c26-17-4-3-14-2-1-5-35-24(19(14)8-17)16-7-22(37-12-16)23(32)20-10-28-13-29-25(20)30-18-6-15(21(31)9-18)11-36-38(27,33)34/h3-4,7-8,10,12-13,15,18,21,24,31H,1-2,5-6,9,11H2,(H2,27,33,34)(H,28,29,30)/t15-,18-,21+,24?/m1/s1. The minimum absolute atomic E-state index is 0.219. The molecule has 1 saturated carbocycles. The molecule has 1 unspecified atom stereocenters. The molecule has 0 bridgehead atoms. The van der Waals surface area contributed by atoms with Crippen molar-refractivity contribution in [1.82, 2.24) is 9.97 Å². The van der Waals surface area contributed by atoms with Crippen LogP contribution in [0.25, 0.3) is 0 Å². The summed E-state index contributed by atoms with van der Waals surface area (Å²) in [7, 11) is -4.10. The van der Waals surface area contributed by atoms with Crippen molar-refractivity contribution in [3.8, 4) is 0 Å². The molecular formula is C25H27ClN4O6S2. The first-order valence-electron chi connectivity index (χ1n) is 12.1. The van der Waals surface area contributed by atoms with E-state index in [1.807, 2.05) is 29.6 Å². The average molecular weight is 579 g/mol. The lowest BCUT2D eigenvalue weighted by molar-refractivity contribution is 0.0844. The Bertz CT molecular complexity index is 1430. The summed E-state index contributed by atoms with van der Waals surface area (Å²) in [4.78, 5) is 22.3. The Morgan fingerprint density at radius 3 is 2.97 bits per heavy atom. The molecule has 2 aliphatic rings. The number of carbonyl (C=O) groups excluding carboxylic acids is 1. The van der Waals surface area contributed by atoms with E-state index in [1.54, 1.807) is 0 Å². The highest BCUT2D eigenvalue weighted by Gasteiger charge is 2.35. The number of aromatic nitrogens is 2. The monoisotopic (exact) mass is 578 g/mol. The van der Waals surface area contributed by atoms with Gasteiger partial charge in [0.15, 0.2) is 0 Å². The number of anilines is 1. The van der Waals surface area contributed by atoms with E-state index >= 15 is 0 Å². The number of hydrogen-bond acceptors (Lipinski definition) is 10. The zero-order valence-corrected chi connectivity index (χ0v) is 22.6. The van der Waals surface area contributed by atoms with Crippen molar-refractivity contribution in [3.63, 3.8) is 0 Å². The largest absolute Gasteiger partial charge is 0.393 e. The van der Waals surface area contributed by atoms with Gasteiger partial charge in [-0.3, -0.25) is 8.98 Å². The van der Waals surface area contributed by atoms with Gasteiger partial charge in [0, 0.05) is 29.8 Å². The third-order valence-electron chi connectivity index (χ3n) is 6.81. The second kappa shape index (κ2) is 11.3. The first-order chi connectivity index (χ1) is 18.2. The summed E-state index contributed by atoms with van der Waals surface area (Å²) >= 11 is 7.60. The van der Waals surface area contributed by atoms with Crippen molar-refractivity contribution >= 4 is 44.8 Å². The molecule has 0 amide bonds. The Morgan fingerprint density at radius 2 is 2.16 bits per heavy atom. The summed E-state index contributed by atoms with van der Waals surface area (Å²) < 4.78 is 33.0. The number of benzene rings is 1. The molecule has 1 aromatic carbocycles. The number of ether oxygens (including phenoxy) is 1. The number of nitrogens with two attached hydrogens (primary N) is 1. The van der Waals surface area contributed by atoms with Crippen molar-refractivity contribution in [2.24, 2.45) is 11.1 Å². The normalized spacial score (nSPS) is 23.6. The van der Waals surface area contributed by atoms with Gasteiger partial charge in [0.2, 0.25) is 5.78 Å². The van der Waals surface area contributed by atoms with Crippen LogP contribution in [0.3, 0.4) is 0 Å². The lowest BCUT2D eigenvalue weighted by atomic mass is 9.96. The van der Waals surface area contributed by atoms with Crippen molar-refractivity contribution in [1.29, 1.82) is 0 Å². The summed E-state index contributed by atoms with van der Waals surface area (Å²) in [6.07, 6.45) is 4.25. The Balaban J connectivity index is 1.33. The van der Waals surface area contributed by atoms with E-state index in [2.05, 4.69) is 19.5 Å². The van der Waals surface area contributed by atoms with E-state index < -0.39 is 22.3 Å². The molecule has 0 radical (unpaired) electrons. The molecule has 38 heavy (non-hydrogen) atoms. The third kappa shape index (κ3) is 6.23. The number of nitrogens with zero attached hydrogens (tertiary/aromatic N) is 2. The van der Waals surface area contributed by atoms with Crippen LogP contribution in [-0.4, -0.2) is 54.6 Å². The number of rotatable bonds is 8. The Hall–Kier alpha value is -2.45. The molecule has 5 rings (SSSR count). The van der Waals surface area contributed by atoms with Crippen LogP contribution in [0.15, 0.2) is 42.2 Å². The molecule has 1 aliphatic heterocycles. The van der Waals surface area contributed by atoms with Crippen LogP contribution in [0.2, 0.25) is 5.02 Å². The van der Waals surface area contributed by atoms with Crippen molar-refractivity contribution < 1.29 is 27.2 Å². The third-order valence-corrected chi connectivity index (χ3v) is 8.46. The molecule has 1 aliphatic carbocycles. The maximum atomic E-state index is 13.5. The van der Waals surface area contributed by atoms with Gasteiger partial charge >= 0.3 is 10.3 Å². The van der Waals surface area contributed by atoms with Crippen LogP contribution in [0.1, 0.15) is 57.3 Å².